The number of thiophene rings is 1. The summed E-state index contributed by atoms with van der Waals surface area (Å²) < 4.78 is 7.28. The molecule has 2 aromatic heterocycles. The first kappa shape index (κ1) is 19.8. The van der Waals surface area contributed by atoms with Crippen LogP contribution < -0.4 is 10.1 Å². The third-order valence-corrected chi connectivity index (χ3v) is 5.36. The molecule has 7 heteroatoms. The Morgan fingerprint density at radius 1 is 1.10 bits per heavy atom. The van der Waals surface area contributed by atoms with E-state index in [9.17, 15) is 4.79 Å². The van der Waals surface area contributed by atoms with Crippen molar-refractivity contribution in [1.29, 1.82) is 0 Å². The molecule has 0 spiro atoms. The average molecular weight is 419 g/mol. The molecular formula is C23H22N4O2S. The van der Waals surface area contributed by atoms with E-state index in [0.717, 1.165) is 21.8 Å². The smallest absolute Gasteiger partial charge is 0.336 e. The fourth-order valence-corrected chi connectivity index (χ4v) is 3.72. The summed E-state index contributed by atoms with van der Waals surface area (Å²) in [5.74, 6) is 0.665. The van der Waals surface area contributed by atoms with Crippen molar-refractivity contribution in [2.45, 2.75) is 20.3 Å². The van der Waals surface area contributed by atoms with Gasteiger partial charge in [-0.2, -0.15) is 4.98 Å². The number of aryl methyl sites for hydroxylation is 1. The highest BCUT2D eigenvalue weighted by atomic mass is 32.1. The average Bonchev–Trinajstić information content (AvgIpc) is 3.39. The molecule has 4 rings (SSSR count). The van der Waals surface area contributed by atoms with Gasteiger partial charge in [0, 0.05) is 16.1 Å². The van der Waals surface area contributed by atoms with Gasteiger partial charge in [0.1, 0.15) is 0 Å². The Bertz CT molecular complexity index is 1120. The Kier molecular flexibility index (Phi) is 5.90. The normalized spacial score (nSPS) is 10.7. The van der Waals surface area contributed by atoms with Crippen LogP contribution >= 0.6 is 11.3 Å². The van der Waals surface area contributed by atoms with Crippen molar-refractivity contribution in [2.24, 2.45) is 0 Å². The van der Waals surface area contributed by atoms with E-state index in [0.29, 0.717) is 24.9 Å². The zero-order chi connectivity index (χ0) is 20.9. The maximum atomic E-state index is 12.2. The lowest BCUT2D eigenvalue weighted by Gasteiger charge is -2.08. The first-order chi connectivity index (χ1) is 14.6. The van der Waals surface area contributed by atoms with Gasteiger partial charge in [0.05, 0.1) is 18.7 Å². The molecule has 0 fully saturated rings. The van der Waals surface area contributed by atoms with E-state index in [4.69, 9.17) is 4.74 Å². The highest BCUT2D eigenvalue weighted by Crippen LogP contribution is 2.25. The standard InChI is InChI=1S/C23H22N4O2S/c1-3-29-23-25-22(17-8-6-16(2)7-9-17)27(26-23)19-12-10-18(11-13-19)24-21(28)15-20-5-4-14-30-20/h4-14H,3,15H2,1-2H3,(H,24,28). The number of ether oxygens (including phenoxy) is 1. The summed E-state index contributed by atoms with van der Waals surface area (Å²) >= 11 is 1.58. The van der Waals surface area contributed by atoms with Crippen LogP contribution in [0.5, 0.6) is 6.01 Å². The van der Waals surface area contributed by atoms with Crippen LogP contribution in [0.15, 0.2) is 66.0 Å². The molecule has 0 bridgehead atoms. The number of aromatic nitrogens is 3. The number of benzene rings is 2. The van der Waals surface area contributed by atoms with E-state index in [1.54, 1.807) is 16.0 Å². The largest absolute Gasteiger partial charge is 0.463 e. The summed E-state index contributed by atoms with van der Waals surface area (Å²) in [6, 6.07) is 19.9. The lowest BCUT2D eigenvalue weighted by Crippen LogP contribution is -2.13. The lowest BCUT2D eigenvalue weighted by atomic mass is 10.1. The molecule has 0 unspecified atom stereocenters. The minimum atomic E-state index is -0.0371. The van der Waals surface area contributed by atoms with E-state index in [2.05, 4.69) is 15.4 Å². The highest BCUT2D eigenvalue weighted by molar-refractivity contribution is 7.10. The van der Waals surface area contributed by atoms with E-state index in [-0.39, 0.29) is 5.91 Å². The van der Waals surface area contributed by atoms with Gasteiger partial charge >= 0.3 is 6.01 Å². The Hall–Kier alpha value is -3.45. The SMILES string of the molecule is CCOc1nc(-c2ccc(C)cc2)n(-c2ccc(NC(=O)Cc3cccs3)cc2)n1. The third kappa shape index (κ3) is 4.58. The van der Waals surface area contributed by atoms with Crippen molar-refractivity contribution in [1.82, 2.24) is 14.8 Å². The zero-order valence-corrected chi connectivity index (χ0v) is 17.6. The fourth-order valence-electron chi connectivity index (χ4n) is 3.02. The van der Waals surface area contributed by atoms with E-state index in [1.165, 1.54) is 5.56 Å². The summed E-state index contributed by atoms with van der Waals surface area (Å²) in [4.78, 5) is 17.8. The molecule has 152 valence electrons. The van der Waals surface area contributed by atoms with Crippen LogP contribution in [-0.2, 0) is 11.2 Å². The van der Waals surface area contributed by atoms with Gasteiger partial charge in [-0.3, -0.25) is 4.79 Å². The summed E-state index contributed by atoms with van der Waals surface area (Å²) in [5.41, 5.74) is 3.70. The molecule has 6 nitrogen and oxygen atoms in total. The van der Waals surface area contributed by atoms with Crippen LogP contribution in [0.4, 0.5) is 5.69 Å². The van der Waals surface area contributed by atoms with Gasteiger partial charge in [0.15, 0.2) is 5.82 Å². The van der Waals surface area contributed by atoms with Crippen molar-refractivity contribution < 1.29 is 9.53 Å². The first-order valence-electron chi connectivity index (χ1n) is 9.72. The predicted octanol–water partition coefficient (Wildman–Crippen LogP) is 4.88. The predicted molar refractivity (Wildman–Crippen MR) is 119 cm³/mol. The Balaban J connectivity index is 1.57. The molecule has 0 atom stereocenters. The number of carbonyl (C=O) groups excluding carboxylic acids is 1. The topological polar surface area (TPSA) is 69.0 Å². The number of carbonyl (C=O) groups is 1. The first-order valence-corrected chi connectivity index (χ1v) is 10.6. The maximum Gasteiger partial charge on any atom is 0.336 e. The van der Waals surface area contributed by atoms with Crippen molar-refractivity contribution >= 4 is 22.9 Å². The second-order valence-corrected chi connectivity index (χ2v) is 7.81. The van der Waals surface area contributed by atoms with Crippen molar-refractivity contribution in [3.05, 3.63) is 76.5 Å². The van der Waals surface area contributed by atoms with Gasteiger partial charge < -0.3 is 10.1 Å². The minimum absolute atomic E-state index is 0.0371. The zero-order valence-electron chi connectivity index (χ0n) is 16.8. The molecule has 2 aromatic carbocycles. The molecule has 0 aliphatic rings. The fraction of sp³-hybridized carbons (Fsp3) is 0.174. The van der Waals surface area contributed by atoms with Gasteiger partial charge in [-0.15, -0.1) is 16.4 Å². The number of anilines is 1. The van der Waals surface area contributed by atoms with Crippen molar-refractivity contribution in [2.75, 3.05) is 11.9 Å². The number of nitrogens with one attached hydrogen (secondary N) is 1. The third-order valence-electron chi connectivity index (χ3n) is 4.48. The quantitative estimate of drug-likeness (QED) is 0.464. The van der Waals surface area contributed by atoms with Crippen molar-refractivity contribution in [3.8, 4) is 23.1 Å². The molecule has 1 amide bonds. The van der Waals surface area contributed by atoms with E-state index < -0.39 is 0 Å². The van der Waals surface area contributed by atoms with Gasteiger partial charge in [-0.1, -0.05) is 35.9 Å². The lowest BCUT2D eigenvalue weighted by molar-refractivity contribution is -0.115. The van der Waals surface area contributed by atoms with Gasteiger partial charge in [-0.05, 0) is 49.6 Å². The molecule has 0 aliphatic heterocycles. The van der Waals surface area contributed by atoms with Crippen molar-refractivity contribution in [3.63, 3.8) is 0 Å². The van der Waals surface area contributed by atoms with Gasteiger partial charge in [0.2, 0.25) is 5.91 Å². The second kappa shape index (κ2) is 8.92. The number of nitrogens with zero attached hydrogens (tertiary/aromatic N) is 3. The molecule has 30 heavy (non-hydrogen) atoms. The highest BCUT2D eigenvalue weighted by Gasteiger charge is 2.15. The molecule has 0 saturated carbocycles. The molecule has 0 aliphatic carbocycles. The van der Waals surface area contributed by atoms with E-state index in [1.807, 2.05) is 79.9 Å². The maximum absolute atomic E-state index is 12.2. The Morgan fingerprint density at radius 3 is 2.53 bits per heavy atom. The molecule has 4 aromatic rings. The summed E-state index contributed by atoms with van der Waals surface area (Å²) in [6.45, 7) is 4.44. The number of hydrogen-bond acceptors (Lipinski definition) is 5. The van der Waals surface area contributed by atoms with Crippen LogP contribution in [0.1, 0.15) is 17.4 Å². The molecule has 0 saturated heterocycles. The van der Waals surface area contributed by atoms with Crippen LogP contribution in [0.3, 0.4) is 0 Å². The molecule has 1 N–H and O–H groups in total. The van der Waals surface area contributed by atoms with Crippen LogP contribution in [0.25, 0.3) is 17.1 Å². The van der Waals surface area contributed by atoms with Gasteiger partial charge in [-0.25, -0.2) is 4.68 Å². The van der Waals surface area contributed by atoms with Crippen LogP contribution in [0.2, 0.25) is 0 Å². The van der Waals surface area contributed by atoms with Crippen LogP contribution in [-0.4, -0.2) is 27.3 Å². The number of amides is 1. The number of rotatable bonds is 7. The summed E-state index contributed by atoms with van der Waals surface area (Å²) in [5, 5.41) is 9.41. The molecular weight excluding hydrogens is 396 g/mol. The molecule has 2 heterocycles. The van der Waals surface area contributed by atoms with Crippen LogP contribution in [0, 0.1) is 6.92 Å². The second-order valence-electron chi connectivity index (χ2n) is 6.78. The summed E-state index contributed by atoms with van der Waals surface area (Å²) in [6.07, 6.45) is 0.373. The van der Waals surface area contributed by atoms with E-state index >= 15 is 0 Å². The molecule has 0 radical (unpaired) electrons. The van der Waals surface area contributed by atoms with Gasteiger partial charge in [0.25, 0.3) is 0 Å². The number of hydrogen-bond donors (Lipinski definition) is 1. The monoisotopic (exact) mass is 418 g/mol. The Labute approximate surface area is 179 Å². The Morgan fingerprint density at radius 2 is 1.87 bits per heavy atom. The minimum Gasteiger partial charge on any atom is -0.463 e. The summed E-state index contributed by atoms with van der Waals surface area (Å²) in [7, 11) is 0.